The molecule has 2 heterocycles. The third-order valence-electron chi connectivity index (χ3n) is 9.38. The Kier molecular flexibility index (Phi) is 13.2. The van der Waals surface area contributed by atoms with Gasteiger partial charge in [0.2, 0.25) is 11.8 Å². The van der Waals surface area contributed by atoms with Crippen LogP contribution in [0, 0.1) is 11.8 Å². The van der Waals surface area contributed by atoms with E-state index in [1.54, 1.807) is 22.6 Å². The number of carbonyl (C=O) groups excluding carboxylic acids is 3. The molecule has 1 aromatic heterocycles. The molecule has 48 heavy (non-hydrogen) atoms. The maximum absolute atomic E-state index is 13.7. The predicted molar refractivity (Wildman–Crippen MR) is 209 cm³/mol. The Morgan fingerprint density at radius 2 is 1.62 bits per heavy atom. The highest BCUT2D eigenvalue weighted by Gasteiger charge is 2.30. The number of aromatic nitrogens is 1. The number of hydrogen-bond acceptors (Lipinski definition) is 7. The van der Waals surface area contributed by atoms with E-state index in [1.807, 2.05) is 78.4 Å². The van der Waals surface area contributed by atoms with Crippen molar-refractivity contribution >= 4 is 78.4 Å². The third-order valence-corrected chi connectivity index (χ3v) is 10.5. The van der Waals surface area contributed by atoms with Crippen LogP contribution >= 0.6 is 45.5 Å². The van der Waals surface area contributed by atoms with Gasteiger partial charge in [-0.2, -0.15) is 0 Å². The highest BCUT2D eigenvalue weighted by Crippen LogP contribution is 2.29. The number of nitrogens with one attached hydrogen (secondary N) is 3. The largest absolute Gasteiger partial charge is 0.354 e. The molecule has 0 bridgehead atoms. The number of anilines is 2. The molecule has 254 valence electrons. The van der Waals surface area contributed by atoms with E-state index in [1.165, 1.54) is 0 Å². The maximum atomic E-state index is 13.7. The molecule has 12 heteroatoms. The van der Waals surface area contributed by atoms with Crippen LogP contribution in [0.1, 0.15) is 43.7 Å². The molecule has 3 amide bonds. The van der Waals surface area contributed by atoms with Gasteiger partial charge in [-0.3, -0.25) is 14.4 Å². The van der Waals surface area contributed by atoms with Crippen LogP contribution in [-0.4, -0.2) is 77.1 Å². The summed E-state index contributed by atoms with van der Waals surface area (Å²) in [5.74, 6) is 0.833. The van der Waals surface area contributed by atoms with E-state index in [2.05, 4.69) is 59.2 Å². The first kappa shape index (κ1) is 36.2. The summed E-state index contributed by atoms with van der Waals surface area (Å²) in [7, 11) is 2.14. The summed E-state index contributed by atoms with van der Waals surface area (Å²) in [6.07, 6.45) is 5.42. The molecule has 1 saturated heterocycles. The highest BCUT2D eigenvalue weighted by molar-refractivity contribution is 14.1. The standard InChI is InChI=1S/C36H43I2N7O3/c1-24(43-38)27-11-13-31(14-12-27)41-35(47)32(42-34(46)29-9-5-26(6-10-29)23-40-36(37)48)21-25-3-7-28(8-4-25)30-15-16-39-33(22-30)45-19-17-44(2)18-20-45/h3-4,7-8,11-16,22,26,29,32H,5-6,9-10,17-21,23H2,1-2H3,(H,40,48)(H,41,47)(H,42,46)/t26?,29?,32-/m0/s1. The second kappa shape index (κ2) is 17.5. The molecule has 1 aliphatic carbocycles. The summed E-state index contributed by atoms with van der Waals surface area (Å²) in [5, 5.41) is 8.99. The zero-order valence-corrected chi connectivity index (χ0v) is 31.7. The van der Waals surface area contributed by atoms with Crippen molar-refractivity contribution in [1.29, 1.82) is 0 Å². The van der Waals surface area contributed by atoms with Gasteiger partial charge in [0.1, 0.15) is 11.9 Å². The van der Waals surface area contributed by atoms with E-state index >= 15 is 0 Å². The number of halogens is 2. The summed E-state index contributed by atoms with van der Waals surface area (Å²) in [6, 6.07) is 19.2. The van der Waals surface area contributed by atoms with Crippen LogP contribution in [0.15, 0.2) is 70.1 Å². The fourth-order valence-corrected chi connectivity index (χ4v) is 6.80. The summed E-state index contributed by atoms with van der Waals surface area (Å²) in [6.45, 7) is 6.51. The van der Waals surface area contributed by atoms with Crippen molar-refractivity contribution in [2.75, 3.05) is 50.0 Å². The number of benzene rings is 2. The van der Waals surface area contributed by atoms with Crippen LogP contribution in [0.25, 0.3) is 11.1 Å². The molecule has 2 fully saturated rings. The molecule has 0 unspecified atom stereocenters. The monoisotopic (exact) mass is 875 g/mol. The lowest BCUT2D eigenvalue weighted by Crippen LogP contribution is -2.48. The normalized spacial score (nSPS) is 19.3. The van der Waals surface area contributed by atoms with Crippen LogP contribution in [0.5, 0.6) is 0 Å². The lowest BCUT2D eigenvalue weighted by atomic mass is 9.81. The van der Waals surface area contributed by atoms with E-state index in [0.29, 0.717) is 24.6 Å². The van der Waals surface area contributed by atoms with Crippen LogP contribution in [0.2, 0.25) is 0 Å². The molecule has 5 rings (SSSR count). The van der Waals surface area contributed by atoms with Crippen molar-refractivity contribution in [3.8, 4) is 11.1 Å². The fourth-order valence-electron chi connectivity index (χ4n) is 6.30. The van der Waals surface area contributed by atoms with E-state index in [-0.39, 0.29) is 21.6 Å². The molecule has 2 aliphatic rings. The van der Waals surface area contributed by atoms with Gasteiger partial charge in [0.05, 0.1) is 28.6 Å². The van der Waals surface area contributed by atoms with Gasteiger partial charge in [-0.15, -0.1) is 0 Å². The fraction of sp³-hybridized carbons (Fsp3) is 0.417. The minimum atomic E-state index is -0.749. The second-order valence-corrected chi connectivity index (χ2v) is 14.2. The van der Waals surface area contributed by atoms with Crippen LogP contribution < -0.4 is 20.9 Å². The zero-order chi connectivity index (χ0) is 34.0. The van der Waals surface area contributed by atoms with Gasteiger partial charge in [-0.1, -0.05) is 36.4 Å². The number of piperazine rings is 1. The van der Waals surface area contributed by atoms with Gasteiger partial charge >= 0.3 is 0 Å². The highest BCUT2D eigenvalue weighted by atomic mass is 127. The summed E-state index contributed by atoms with van der Waals surface area (Å²) >= 11 is 3.72. The van der Waals surface area contributed by atoms with E-state index in [9.17, 15) is 14.4 Å². The Hall–Kier alpha value is -3.11. The van der Waals surface area contributed by atoms with Crippen LogP contribution in [0.3, 0.4) is 0 Å². The third kappa shape index (κ3) is 10.2. The topological polar surface area (TPSA) is 119 Å². The van der Waals surface area contributed by atoms with Crippen molar-refractivity contribution in [2.24, 2.45) is 15.0 Å². The van der Waals surface area contributed by atoms with E-state index in [0.717, 1.165) is 85.6 Å². The Morgan fingerprint density at radius 3 is 2.27 bits per heavy atom. The minimum Gasteiger partial charge on any atom is -0.354 e. The Balaban J connectivity index is 1.27. The first-order valence-corrected chi connectivity index (χ1v) is 18.5. The smallest absolute Gasteiger partial charge is 0.280 e. The van der Waals surface area contributed by atoms with Crippen LogP contribution in [0.4, 0.5) is 16.3 Å². The molecular formula is C36H43I2N7O3. The summed E-state index contributed by atoms with van der Waals surface area (Å²) < 4.78 is 4.14. The Labute approximate surface area is 310 Å². The molecule has 1 atom stereocenters. The molecule has 3 N–H and O–H groups in total. The molecule has 1 saturated carbocycles. The Morgan fingerprint density at radius 1 is 0.938 bits per heavy atom. The average Bonchev–Trinajstić information content (AvgIpc) is 3.11. The number of hydrogen-bond donors (Lipinski definition) is 3. The first-order chi connectivity index (χ1) is 23.2. The maximum Gasteiger partial charge on any atom is 0.280 e. The number of carbonyl (C=O) groups is 3. The molecule has 1 aliphatic heterocycles. The van der Waals surface area contributed by atoms with E-state index < -0.39 is 6.04 Å². The van der Waals surface area contributed by atoms with Crippen molar-refractivity contribution in [1.82, 2.24) is 20.5 Å². The number of pyridine rings is 1. The molecule has 3 aromatic rings. The minimum absolute atomic E-state index is 0.0616. The van der Waals surface area contributed by atoms with Gasteiger partial charge < -0.3 is 25.8 Å². The predicted octanol–water partition coefficient (Wildman–Crippen LogP) is 6.28. The van der Waals surface area contributed by atoms with Gasteiger partial charge in [-0.05, 0) is 92.1 Å². The van der Waals surface area contributed by atoms with Crippen molar-refractivity contribution < 1.29 is 14.4 Å². The average molecular weight is 876 g/mol. The first-order valence-electron chi connectivity index (χ1n) is 16.5. The molecule has 2 aromatic carbocycles. The number of amides is 3. The SMILES string of the molecule is CC(=NI)c1ccc(NC(=O)[C@H](Cc2ccc(-c3ccnc(N4CCN(C)CC4)c3)cc2)NC(=O)C2CCC(CNC(=O)I)CC2)cc1. The number of rotatable bonds is 11. The number of likely N-dealkylation sites (N-methyl/N-ethyl adjacent to an activating group) is 1. The van der Waals surface area contributed by atoms with Gasteiger partial charge in [0, 0.05) is 79.5 Å². The summed E-state index contributed by atoms with van der Waals surface area (Å²) in [5.41, 5.74) is 5.65. The lowest BCUT2D eigenvalue weighted by Gasteiger charge is -2.33. The quantitative estimate of drug-likeness (QED) is 0.0905. The van der Waals surface area contributed by atoms with Crippen molar-refractivity contribution in [3.63, 3.8) is 0 Å². The van der Waals surface area contributed by atoms with Crippen molar-refractivity contribution in [2.45, 2.75) is 45.1 Å². The molecule has 0 spiro atoms. The van der Waals surface area contributed by atoms with Gasteiger partial charge in [0.25, 0.3) is 3.91 Å². The van der Waals surface area contributed by atoms with Crippen LogP contribution in [-0.2, 0) is 16.0 Å². The van der Waals surface area contributed by atoms with Crippen molar-refractivity contribution in [3.05, 3.63) is 78.0 Å². The molecular weight excluding hydrogens is 832 g/mol. The lowest BCUT2D eigenvalue weighted by molar-refractivity contribution is -0.130. The summed E-state index contributed by atoms with van der Waals surface area (Å²) in [4.78, 5) is 47.8. The van der Waals surface area contributed by atoms with Gasteiger partial charge in [-0.25, -0.2) is 8.19 Å². The molecule has 0 radical (unpaired) electrons. The molecule has 10 nitrogen and oxygen atoms in total. The van der Waals surface area contributed by atoms with Gasteiger partial charge in [0.15, 0.2) is 0 Å². The Bertz CT molecular complexity index is 1580. The van der Waals surface area contributed by atoms with E-state index in [4.69, 9.17) is 0 Å². The zero-order valence-electron chi connectivity index (χ0n) is 27.4. The second-order valence-electron chi connectivity index (χ2n) is 12.8. The number of nitrogens with zero attached hydrogens (tertiary/aromatic N) is 4.